The van der Waals surface area contributed by atoms with Gasteiger partial charge < -0.3 is 0 Å². The zero-order chi connectivity index (χ0) is 36.3. The van der Waals surface area contributed by atoms with Crippen LogP contribution >= 0.6 is 11.3 Å². The molecule has 0 aliphatic carbocycles. The predicted octanol–water partition coefficient (Wildman–Crippen LogP) is 15.8. The van der Waals surface area contributed by atoms with E-state index in [1.54, 1.807) is 0 Å². The number of thiophene rings is 1. The van der Waals surface area contributed by atoms with Crippen LogP contribution in [0.25, 0.3) is 108 Å². The van der Waals surface area contributed by atoms with E-state index in [1.807, 2.05) is 11.3 Å². The zero-order valence-electron chi connectivity index (χ0n) is 30.0. The molecule has 0 nitrogen and oxygen atoms in total. The number of hydrogen-bond donors (Lipinski definition) is 0. The van der Waals surface area contributed by atoms with E-state index in [4.69, 9.17) is 0 Å². The molecule has 10 aromatic carbocycles. The average molecular weight is 715 g/mol. The summed E-state index contributed by atoms with van der Waals surface area (Å²) in [4.78, 5) is 0. The van der Waals surface area contributed by atoms with E-state index in [0.717, 1.165) is 0 Å². The van der Waals surface area contributed by atoms with Crippen molar-refractivity contribution in [3.05, 3.63) is 206 Å². The van der Waals surface area contributed by atoms with Crippen LogP contribution < -0.4 is 0 Å². The molecular formula is C54H34S. The molecule has 1 aromatic heterocycles. The van der Waals surface area contributed by atoms with Gasteiger partial charge in [-0.25, -0.2) is 0 Å². The highest BCUT2D eigenvalue weighted by Gasteiger charge is 2.22. The summed E-state index contributed by atoms with van der Waals surface area (Å²) in [6.45, 7) is 0. The molecule has 0 spiro atoms. The van der Waals surface area contributed by atoms with Crippen LogP contribution in [0.15, 0.2) is 206 Å². The SMILES string of the molecule is c1ccc(-c2c3ccccc3c(-c3ccccc3)c3cc(-c4ccc(-c5c(-c6ccccc6)c6sc7ccccc7c6c6ccccc56)cc4)ccc23)cc1. The Labute approximate surface area is 324 Å². The largest absolute Gasteiger partial charge is 0.134 e. The van der Waals surface area contributed by atoms with E-state index in [9.17, 15) is 0 Å². The van der Waals surface area contributed by atoms with E-state index >= 15 is 0 Å². The van der Waals surface area contributed by atoms with Gasteiger partial charge in [0.05, 0.1) is 0 Å². The molecule has 11 aromatic rings. The summed E-state index contributed by atoms with van der Waals surface area (Å²) in [7, 11) is 0. The molecule has 0 radical (unpaired) electrons. The second-order valence-electron chi connectivity index (χ2n) is 14.3. The van der Waals surface area contributed by atoms with Crippen molar-refractivity contribution >= 4 is 63.8 Å². The first-order chi connectivity index (χ1) is 27.3. The van der Waals surface area contributed by atoms with Crippen LogP contribution in [0.2, 0.25) is 0 Å². The monoisotopic (exact) mass is 714 g/mol. The summed E-state index contributed by atoms with van der Waals surface area (Å²) < 4.78 is 2.66. The molecule has 0 N–H and O–H groups in total. The molecule has 0 amide bonds. The van der Waals surface area contributed by atoms with Crippen molar-refractivity contribution in [2.45, 2.75) is 0 Å². The highest BCUT2D eigenvalue weighted by Crippen LogP contribution is 2.50. The molecule has 0 atom stereocenters. The highest BCUT2D eigenvalue weighted by atomic mass is 32.1. The molecule has 0 saturated carbocycles. The Morgan fingerprint density at radius 3 is 1.24 bits per heavy atom. The van der Waals surface area contributed by atoms with Gasteiger partial charge in [0.2, 0.25) is 0 Å². The number of benzene rings is 10. The summed E-state index contributed by atoms with van der Waals surface area (Å²) >= 11 is 1.91. The first-order valence-electron chi connectivity index (χ1n) is 18.9. The quantitative estimate of drug-likeness (QED) is 0.156. The zero-order valence-corrected chi connectivity index (χ0v) is 30.9. The van der Waals surface area contributed by atoms with Crippen LogP contribution in [-0.4, -0.2) is 0 Å². The number of rotatable bonds is 5. The average Bonchev–Trinajstić information content (AvgIpc) is 3.65. The lowest BCUT2D eigenvalue weighted by Crippen LogP contribution is -1.92. The van der Waals surface area contributed by atoms with Gasteiger partial charge in [-0.2, -0.15) is 0 Å². The van der Waals surface area contributed by atoms with Crippen LogP contribution in [0.1, 0.15) is 0 Å². The van der Waals surface area contributed by atoms with Gasteiger partial charge in [0.1, 0.15) is 0 Å². The van der Waals surface area contributed by atoms with Gasteiger partial charge in [-0.1, -0.05) is 194 Å². The molecule has 11 rings (SSSR count). The number of fused-ring (bicyclic) bond motifs is 7. The second kappa shape index (κ2) is 13.0. The maximum Gasteiger partial charge on any atom is 0.0446 e. The first kappa shape index (κ1) is 31.7. The minimum atomic E-state index is 1.20. The Morgan fingerprint density at radius 1 is 0.236 bits per heavy atom. The molecule has 256 valence electrons. The van der Waals surface area contributed by atoms with Crippen LogP contribution in [0.5, 0.6) is 0 Å². The first-order valence-corrected chi connectivity index (χ1v) is 19.7. The number of hydrogen-bond acceptors (Lipinski definition) is 1. The minimum Gasteiger partial charge on any atom is -0.134 e. The smallest absolute Gasteiger partial charge is 0.0446 e. The summed E-state index contributed by atoms with van der Waals surface area (Å²) in [5.41, 5.74) is 12.5. The van der Waals surface area contributed by atoms with Crippen molar-refractivity contribution in [3.8, 4) is 55.6 Å². The van der Waals surface area contributed by atoms with Gasteiger partial charge in [-0.3, -0.25) is 0 Å². The van der Waals surface area contributed by atoms with Crippen molar-refractivity contribution in [1.29, 1.82) is 0 Å². The Balaban J connectivity index is 1.14. The van der Waals surface area contributed by atoms with Crippen LogP contribution in [-0.2, 0) is 0 Å². The summed E-state index contributed by atoms with van der Waals surface area (Å²) in [5.74, 6) is 0. The summed E-state index contributed by atoms with van der Waals surface area (Å²) in [6, 6.07) is 75.8. The van der Waals surface area contributed by atoms with Crippen molar-refractivity contribution in [2.24, 2.45) is 0 Å². The molecule has 1 heteroatoms. The van der Waals surface area contributed by atoms with Gasteiger partial charge in [0, 0.05) is 25.7 Å². The molecule has 0 aliphatic heterocycles. The van der Waals surface area contributed by atoms with Gasteiger partial charge in [0.15, 0.2) is 0 Å². The standard InChI is InChI=1S/C54H34S/c1-4-16-36(17-5-1)49-41-22-10-11-23-42(41)50(37-18-6-2-7-19-37)47-34-40(32-33-45(47)49)35-28-30-39(31-29-35)51-43-24-12-13-25-44(43)53-46-26-14-15-27-48(46)55-54(53)52(51)38-20-8-3-9-21-38/h1-34H. The lowest BCUT2D eigenvalue weighted by atomic mass is 9.84. The Hall–Kier alpha value is -6.80. The minimum absolute atomic E-state index is 1.20. The molecular weight excluding hydrogens is 681 g/mol. The Morgan fingerprint density at radius 2 is 0.636 bits per heavy atom. The van der Waals surface area contributed by atoms with Crippen molar-refractivity contribution < 1.29 is 0 Å². The maximum atomic E-state index is 2.42. The fraction of sp³-hybridized carbons (Fsp3) is 0. The molecule has 0 fully saturated rings. The van der Waals surface area contributed by atoms with Gasteiger partial charge in [-0.05, 0) is 94.5 Å². The van der Waals surface area contributed by atoms with Crippen molar-refractivity contribution in [2.75, 3.05) is 0 Å². The third-order valence-electron chi connectivity index (χ3n) is 11.3. The van der Waals surface area contributed by atoms with E-state index in [-0.39, 0.29) is 0 Å². The van der Waals surface area contributed by atoms with Crippen LogP contribution in [0.4, 0.5) is 0 Å². The molecule has 0 bridgehead atoms. The van der Waals surface area contributed by atoms with Crippen molar-refractivity contribution in [3.63, 3.8) is 0 Å². The normalized spacial score (nSPS) is 11.6. The third kappa shape index (κ3) is 5.12. The van der Waals surface area contributed by atoms with Gasteiger partial charge in [-0.15, -0.1) is 11.3 Å². The lowest BCUT2D eigenvalue weighted by Gasteiger charge is -2.19. The summed E-state index contributed by atoms with van der Waals surface area (Å²) in [5, 5.41) is 10.3. The lowest BCUT2D eigenvalue weighted by molar-refractivity contribution is 1.61. The highest BCUT2D eigenvalue weighted by molar-refractivity contribution is 7.26. The maximum absolute atomic E-state index is 2.42. The topological polar surface area (TPSA) is 0 Å². The molecule has 55 heavy (non-hydrogen) atoms. The summed E-state index contributed by atoms with van der Waals surface area (Å²) in [6.07, 6.45) is 0. The second-order valence-corrected chi connectivity index (χ2v) is 15.4. The van der Waals surface area contributed by atoms with Crippen LogP contribution in [0.3, 0.4) is 0 Å². The van der Waals surface area contributed by atoms with E-state index < -0.39 is 0 Å². The third-order valence-corrected chi connectivity index (χ3v) is 12.4. The molecule has 0 unspecified atom stereocenters. The van der Waals surface area contributed by atoms with Gasteiger partial charge >= 0.3 is 0 Å². The molecule has 0 saturated heterocycles. The Bertz CT molecular complexity index is 3210. The fourth-order valence-corrected chi connectivity index (χ4v) is 10.1. The predicted molar refractivity (Wildman–Crippen MR) is 239 cm³/mol. The van der Waals surface area contributed by atoms with Gasteiger partial charge in [0.25, 0.3) is 0 Å². The van der Waals surface area contributed by atoms with E-state index in [1.165, 1.54) is 108 Å². The Kier molecular flexibility index (Phi) is 7.46. The van der Waals surface area contributed by atoms with Crippen molar-refractivity contribution in [1.82, 2.24) is 0 Å². The molecule has 0 aliphatic rings. The molecule has 1 heterocycles. The van der Waals surface area contributed by atoms with E-state index in [2.05, 4.69) is 206 Å². The fourth-order valence-electron chi connectivity index (χ4n) is 8.86. The van der Waals surface area contributed by atoms with Crippen LogP contribution in [0, 0.1) is 0 Å². The van der Waals surface area contributed by atoms with E-state index in [0.29, 0.717) is 0 Å².